The normalized spacial score (nSPS) is 21.5. The summed E-state index contributed by atoms with van der Waals surface area (Å²) in [4.78, 5) is 2.41. The Hall–Kier alpha value is -0.250. The van der Waals surface area contributed by atoms with Crippen LogP contribution in [0.5, 0.6) is 5.75 Å². The van der Waals surface area contributed by atoms with Crippen LogP contribution >= 0.6 is 27.5 Å². The highest BCUT2D eigenvalue weighted by Gasteiger charge is 2.17. The molecule has 0 bridgehead atoms. The predicted octanol–water partition coefficient (Wildman–Crippen LogP) is 3.66. The lowest BCUT2D eigenvalue weighted by molar-refractivity contribution is 0.224. The zero-order valence-corrected chi connectivity index (χ0v) is 12.3. The van der Waals surface area contributed by atoms with E-state index < -0.39 is 0 Å². The Morgan fingerprint density at radius 3 is 3.00 bits per heavy atom. The van der Waals surface area contributed by atoms with Gasteiger partial charge in [-0.3, -0.25) is 4.90 Å². The molecule has 17 heavy (non-hydrogen) atoms. The van der Waals surface area contributed by atoms with Crippen molar-refractivity contribution in [2.75, 3.05) is 20.2 Å². The molecule has 1 fully saturated rings. The van der Waals surface area contributed by atoms with E-state index in [9.17, 15) is 0 Å². The molecule has 1 aromatic rings. The molecular formula is C13H17BrClNO. The van der Waals surface area contributed by atoms with Gasteiger partial charge in [0.25, 0.3) is 0 Å². The molecule has 1 aliphatic rings. The fourth-order valence-electron chi connectivity index (χ4n) is 2.21. The van der Waals surface area contributed by atoms with Gasteiger partial charge in [0, 0.05) is 18.5 Å². The first-order valence-electron chi connectivity index (χ1n) is 5.88. The maximum Gasteiger partial charge on any atom is 0.133 e. The quantitative estimate of drug-likeness (QED) is 0.789. The Balaban J connectivity index is 2.00. The summed E-state index contributed by atoms with van der Waals surface area (Å²) >= 11 is 9.70. The van der Waals surface area contributed by atoms with E-state index >= 15 is 0 Å². The molecule has 2 rings (SSSR count). The molecule has 0 radical (unpaired) electrons. The van der Waals surface area contributed by atoms with Gasteiger partial charge in [-0.25, -0.2) is 0 Å². The van der Waals surface area contributed by atoms with Gasteiger partial charge in [0.2, 0.25) is 0 Å². The van der Waals surface area contributed by atoms with E-state index in [0.717, 1.165) is 36.3 Å². The molecule has 0 saturated carbocycles. The molecule has 1 atom stereocenters. The van der Waals surface area contributed by atoms with E-state index in [1.54, 1.807) is 7.11 Å². The number of piperidine rings is 1. The zero-order valence-electron chi connectivity index (χ0n) is 9.96. The van der Waals surface area contributed by atoms with Crippen molar-refractivity contribution in [2.24, 2.45) is 0 Å². The monoisotopic (exact) mass is 317 g/mol. The summed E-state index contributed by atoms with van der Waals surface area (Å²) in [5.41, 5.74) is 1.29. The number of alkyl halides is 1. The summed E-state index contributed by atoms with van der Waals surface area (Å²) in [6.45, 7) is 3.10. The van der Waals surface area contributed by atoms with Crippen LogP contribution < -0.4 is 4.74 Å². The minimum absolute atomic E-state index is 0.311. The molecule has 0 aromatic heterocycles. The first-order valence-corrected chi connectivity index (χ1v) is 7.11. The number of halogens is 2. The van der Waals surface area contributed by atoms with Crippen molar-refractivity contribution in [3.05, 3.63) is 28.2 Å². The first kappa shape index (κ1) is 13.2. The molecule has 0 aliphatic carbocycles. The van der Waals surface area contributed by atoms with Gasteiger partial charge in [-0.05, 0) is 53.0 Å². The molecule has 94 valence electrons. The minimum Gasteiger partial charge on any atom is -0.496 e. The SMILES string of the molecule is COc1ccc(CN2CCCC(Cl)C2)cc1Br. The Morgan fingerprint density at radius 1 is 1.53 bits per heavy atom. The Bertz CT molecular complexity index is 386. The van der Waals surface area contributed by atoms with Crippen molar-refractivity contribution in [1.29, 1.82) is 0 Å². The number of hydrogen-bond acceptors (Lipinski definition) is 2. The van der Waals surface area contributed by atoms with E-state index in [1.165, 1.54) is 12.0 Å². The van der Waals surface area contributed by atoms with Crippen LogP contribution in [0.4, 0.5) is 0 Å². The maximum atomic E-state index is 6.19. The average Bonchev–Trinajstić information content (AvgIpc) is 2.29. The standard InChI is InChI=1S/C13H17BrClNO/c1-17-13-5-4-10(7-12(13)14)8-16-6-2-3-11(15)9-16/h4-5,7,11H,2-3,6,8-9H2,1H3. The van der Waals surface area contributed by atoms with Crippen molar-refractivity contribution in [3.8, 4) is 5.75 Å². The summed E-state index contributed by atoms with van der Waals surface area (Å²) < 4.78 is 6.24. The van der Waals surface area contributed by atoms with Crippen LogP contribution in [-0.4, -0.2) is 30.5 Å². The predicted molar refractivity (Wildman–Crippen MR) is 74.8 cm³/mol. The number of nitrogens with zero attached hydrogens (tertiary/aromatic N) is 1. The molecule has 1 aliphatic heterocycles. The van der Waals surface area contributed by atoms with Crippen LogP contribution in [0.3, 0.4) is 0 Å². The first-order chi connectivity index (χ1) is 8.19. The van der Waals surface area contributed by atoms with Crippen LogP contribution in [-0.2, 0) is 6.54 Å². The molecule has 0 spiro atoms. The molecule has 0 amide bonds. The van der Waals surface area contributed by atoms with Gasteiger partial charge in [0.15, 0.2) is 0 Å². The Morgan fingerprint density at radius 2 is 2.35 bits per heavy atom. The number of rotatable bonds is 3. The third-order valence-electron chi connectivity index (χ3n) is 3.07. The lowest BCUT2D eigenvalue weighted by atomic mass is 10.1. The second kappa shape index (κ2) is 6.07. The molecule has 1 heterocycles. The molecule has 2 nitrogen and oxygen atoms in total. The van der Waals surface area contributed by atoms with Gasteiger partial charge < -0.3 is 4.74 Å². The lowest BCUT2D eigenvalue weighted by Gasteiger charge is -2.29. The van der Waals surface area contributed by atoms with Crippen LogP contribution in [0, 0.1) is 0 Å². The van der Waals surface area contributed by atoms with E-state index in [-0.39, 0.29) is 0 Å². The van der Waals surface area contributed by atoms with Crippen molar-refractivity contribution in [3.63, 3.8) is 0 Å². The van der Waals surface area contributed by atoms with Crippen molar-refractivity contribution >= 4 is 27.5 Å². The molecular weight excluding hydrogens is 302 g/mol. The number of hydrogen-bond donors (Lipinski definition) is 0. The van der Waals surface area contributed by atoms with Crippen LogP contribution in [0.1, 0.15) is 18.4 Å². The largest absolute Gasteiger partial charge is 0.496 e. The number of methoxy groups -OCH3 is 1. The fourth-order valence-corrected chi connectivity index (χ4v) is 3.15. The van der Waals surface area contributed by atoms with Crippen molar-refractivity contribution in [1.82, 2.24) is 4.90 Å². The highest BCUT2D eigenvalue weighted by atomic mass is 79.9. The van der Waals surface area contributed by atoms with Gasteiger partial charge in [-0.15, -0.1) is 11.6 Å². The molecule has 0 N–H and O–H groups in total. The van der Waals surface area contributed by atoms with E-state index in [0.29, 0.717) is 5.38 Å². The minimum atomic E-state index is 0.311. The zero-order chi connectivity index (χ0) is 12.3. The van der Waals surface area contributed by atoms with Crippen LogP contribution in [0.15, 0.2) is 22.7 Å². The summed E-state index contributed by atoms with van der Waals surface area (Å²) in [7, 11) is 1.68. The summed E-state index contributed by atoms with van der Waals surface area (Å²) in [5.74, 6) is 0.877. The van der Waals surface area contributed by atoms with Gasteiger partial charge in [0.1, 0.15) is 5.75 Å². The number of benzene rings is 1. The highest BCUT2D eigenvalue weighted by molar-refractivity contribution is 9.10. The van der Waals surface area contributed by atoms with E-state index in [2.05, 4.69) is 33.0 Å². The third kappa shape index (κ3) is 3.60. The van der Waals surface area contributed by atoms with E-state index in [1.807, 2.05) is 6.07 Å². The molecule has 1 aromatic carbocycles. The second-order valence-electron chi connectivity index (χ2n) is 4.44. The number of ether oxygens (including phenoxy) is 1. The summed E-state index contributed by atoms with van der Waals surface area (Å²) in [5, 5.41) is 0.311. The number of likely N-dealkylation sites (tertiary alicyclic amines) is 1. The lowest BCUT2D eigenvalue weighted by Crippen LogP contribution is -2.35. The highest BCUT2D eigenvalue weighted by Crippen LogP contribution is 2.26. The van der Waals surface area contributed by atoms with Gasteiger partial charge >= 0.3 is 0 Å². The van der Waals surface area contributed by atoms with Crippen molar-refractivity contribution < 1.29 is 4.74 Å². The Kier molecular flexibility index (Phi) is 4.71. The Labute approximate surface area is 116 Å². The molecule has 1 saturated heterocycles. The van der Waals surface area contributed by atoms with E-state index in [4.69, 9.17) is 16.3 Å². The maximum absolute atomic E-state index is 6.19. The second-order valence-corrected chi connectivity index (χ2v) is 5.92. The molecule has 4 heteroatoms. The van der Waals surface area contributed by atoms with Crippen LogP contribution in [0.25, 0.3) is 0 Å². The molecule has 1 unspecified atom stereocenters. The third-order valence-corrected chi connectivity index (χ3v) is 4.05. The average molecular weight is 319 g/mol. The van der Waals surface area contributed by atoms with Gasteiger partial charge in [-0.2, -0.15) is 0 Å². The van der Waals surface area contributed by atoms with Gasteiger partial charge in [-0.1, -0.05) is 6.07 Å². The van der Waals surface area contributed by atoms with Gasteiger partial charge in [0.05, 0.1) is 11.6 Å². The smallest absolute Gasteiger partial charge is 0.133 e. The van der Waals surface area contributed by atoms with Crippen molar-refractivity contribution in [2.45, 2.75) is 24.8 Å². The summed E-state index contributed by atoms with van der Waals surface area (Å²) in [6.07, 6.45) is 2.34. The topological polar surface area (TPSA) is 12.5 Å². The van der Waals surface area contributed by atoms with Crippen LogP contribution in [0.2, 0.25) is 0 Å². The summed E-state index contributed by atoms with van der Waals surface area (Å²) in [6, 6.07) is 6.24. The fraction of sp³-hybridized carbons (Fsp3) is 0.538.